The highest BCUT2D eigenvalue weighted by Gasteiger charge is 2.36. The number of rotatable bonds is 5. The summed E-state index contributed by atoms with van der Waals surface area (Å²) in [7, 11) is -1.11. The van der Waals surface area contributed by atoms with Crippen LogP contribution in [0.3, 0.4) is 0 Å². The molecule has 2 aliphatic heterocycles. The van der Waals surface area contributed by atoms with Crippen LogP contribution in [0.4, 0.5) is 27.4 Å². The molecular formula is C28H29FN8O4S. The van der Waals surface area contributed by atoms with E-state index in [4.69, 9.17) is 0 Å². The first kappa shape index (κ1) is 27.6. The van der Waals surface area contributed by atoms with Gasteiger partial charge in [-0.05, 0) is 35.9 Å². The SMILES string of the molecule is CN(C)C(=O)c1cc2cnc(Nc3ccc(N4CCNCC4)c(F)c3)nc2n(C2Cc3ccccc3NS2(=O)=O)c1=O. The van der Waals surface area contributed by atoms with Gasteiger partial charge in [-0.3, -0.25) is 18.9 Å². The Balaban J connectivity index is 1.44. The van der Waals surface area contributed by atoms with Gasteiger partial charge in [-0.1, -0.05) is 18.2 Å². The Kier molecular flexibility index (Phi) is 7.02. The number of anilines is 4. The molecule has 4 aromatic rings. The van der Waals surface area contributed by atoms with Gasteiger partial charge in [-0.25, -0.2) is 17.8 Å². The Morgan fingerprint density at radius 3 is 2.62 bits per heavy atom. The summed E-state index contributed by atoms with van der Waals surface area (Å²) < 4.78 is 45.5. The maximum Gasteiger partial charge on any atom is 0.266 e. The fraction of sp³-hybridized carbons (Fsp3) is 0.286. The summed E-state index contributed by atoms with van der Waals surface area (Å²) in [4.78, 5) is 38.8. The van der Waals surface area contributed by atoms with Gasteiger partial charge in [0.2, 0.25) is 5.95 Å². The monoisotopic (exact) mass is 592 g/mol. The molecule has 0 aliphatic carbocycles. The van der Waals surface area contributed by atoms with Crippen LogP contribution >= 0.6 is 0 Å². The van der Waals surface area contributed by atoms with Gasteiger partial charge in [0.15, 0.2) is 5.37 Å². The summed E-state index contributed by atoms with van der Waals surface area (Å²) in [5.41, 5.74) is 0.983. The molecule has 2 aromatic carbocycles. The van der Waals surface area contributed by atoms with Crippen LogP contribution in [0.15, 0.2) is 59.5 Å². The number of benzene rings is 2. The van der Waals surface area contributed by atoms with Crippen molar-refractivity contribution in [2.45, 2.75) is 11.8 Å². The molecule has 42 heavy (non-hydrogen) atoms. The fourth-order valence-corrected chi connectivity index (χ4v) is 6.78. The highest BCUT2D eigenvalue weighted by molar-refractivity contribution is 7.92. The summed E-state index contributed by atoms with van der Waals surface area (Å²) in [6.07, 6.45) is 1.38. The molecule has 1 atom stereocenters. The lowest BCUT2D eigenvalue weighted by atomic mass is 10.1. The number of para-hydroxylation sites is 1. The fourth-order valence-electron chi connectivity index (χ4n) is 5.26. The Morgan fingerprint density at radius 2 is 1.88 bits per heavy atom. The molecule has 2 aliphatic rings. The number of sulfonamides is 1. The van der Waals surface area contributed by atoms with E-state index in [0.717, 1.165) is 17.7 Å². The van der Waals surface area contributed by atoms with Crippen molar-refractivity contribution in [2.75, 3.05) is 55.2 Å². The van der Waals surface area contributed by atoms with Gasteiger partial charge in [-0.2, -0.15) is 4.98 Å². The first-order valence-electron chi connectivity index (χ1n) is 13.4. The number of aromatic nitrogens is 3. The number of carbonyl (C=O) groups is 1. The van der Waals surface area contributed by atoms with Crippen LogP contribution in [-0.4, -0.2) is 74.0 Å². The minimum absolute atomic E-state index is 0.0143. The predicted octanol–water partition coefficient (Wildman–Crippen LogP) is 2.28. The lowest BCUT2D eigenvalue weighted by Crippen LogP contribution is -2.43. The van der Waals surface area contributed by atoms with Crippen molar-refractivity contribution in [3.63, 3.8) is 0 Å². The van der Waals surface area contributed by atoms with E-state index in [1.165, 1.54) is 37.3 Å². The number of hydrogen-bond donors (Lipinski definition) is 3. The lowest BCUT2D eigenvalue weighted by Gasteiger charge is -2.29. The van der Waals surface area contributed by atoms with E-state index in [1.807, 2.05) is 4.90 Å². The van der Waals surface area contributed by atoms with E-state index in [-0.39, 0.29) is 23.6 Å². The number of amides is 1. The van der Waals surface area contributed by atoms with Crippen molar-refractivity contribution >= 4 is 50.0 Å². The first-order chi connectivity index (χ1) is 20.1. The highest BCUT2D eigenvalue weighted by Crippen LogP contribution is 2.34. The maximum absolute atomic E-state index is 15.0. The summed E-state index contributed by atoms with van der Waals surface area (Å²) in [5, 5.41) is 5.10. The van der Waals surface area contributed by atoms with Crippen LogP contribution < -0.4 is 25.8 Å². The van der Waals surface area contributed by atoms with Gasteiger partial charge >= 0.3 is 0 Å². The van der Waals surface area contributed by atoms with Gasteiger partial charge in [0.25, 0.3) is 21.5 Å². The first-order valence-corrected chi connectivity index (χ1v) is 14.9. The lowest BCUT2D eigenvalue weighted by molar-refractivity contribution is 0.0825. The average Bonchev–Trinajstić information content (AvgIpc) is 2.96. The smallest absolute Gasteiger partial charge is 0.266 e. The average molecular weight is 593 g/mol. The highest BCUT2D eigenvalue weighted by atomic mass is 32.2. The number of piperazine rings is 1. The van der Waals surface area contributed by atoms with Crippen LogP contribution in [0.2, 0.25) is 0 Å². The van der Waals surface area contributed by atoms with Crippen LogP contribution in [0.5, 0.6) is 0 Å². The largest absolute Gasteiger partial charge is 0.367 e. The normalized spacial score (nSPS) is 17.8. The molecule has 2 aromatic heterocycles. The zero-order valence-corrected chi connectivity index (χ0v) is 23.8. The van der Waals surface area contributed by atoms with Gasteiger partial charge in [0.1, 0.15) is 17.0 Å². The topological polar surface area (TPSA) is 142 Å². The molecule has 4 heterocycles. The Bertz CT molecular complexity index is 1870. The predicted molar refractivity (Wildman–Crippen MR) is 158 cm³/mol. The number of fused-ring (bicyclic) bond motifs is 2. The van der Waals surface area contributed by atoms with Gasteiger partial charge in [0, 0.05) is 64.0 Å². The number of nitrogens with zero attached hydrogens (tertiary/aromatic N) is 5. The number of nitrogens with one attached hydrogen (secondary N) is 3. The Labute approximate surface area is 241 Å². The molecule has 0 bridgehead atoms. The third-order valence-electron chi connectivity index (χ3n) is 7.38. The van der Waals surface area contributed by atoms with Crippen LogP contribution in [-0.2, 0) is 16.4 Å². The quantitative estimate of drug-likeness (QED) is 0.318. The number of hydrogen-bond acceptors (Lipinski definition) is 9. The molecule has 1 amide bonds. The zero-order chi connectivity index (χ0) is 29.6. The van der Waals surface area contributed by atoms with Crippen molar-refractivity contribution in [2.24, 2.45) is 0 Å². The molecule has 12 nitrogen and oxygen atoms in total. The molecule has 3 N–H and O–H groups in total. The molecule has 0 spiro atoms. The van der Waals surface area contributed by atoms with Crippen molar-refractivity contribution in [1.29, 1.82) is 0 Å². The molecule has 0 saturated carbocycles. The van der Waals surface area contributed by atoms with E-state index in [0.29, 0.717) is 41.1 Å². The van der Waals surface area contributed by atoms with E-state index in [2.05, 4.69) is 25.3 Å². The van der Waals surface area contributed by atoms with Gasteiger partial charge < -0.3 is 20.4 Å². The summed E-state index contributed by atoms with van der Waals surface area (Å²) in [5.74, 6) is -0.970. The van der Waals surface area contributed by atoms with Crippen molar-refractivity contribution in [3.8, 4) is 0 Å². The second-order valence-electron chi connectivity index (χ2n) is 10.4. The summed E-state index contributed by atoms with van der Waals surface area (Å²) in [6, 6.07) is 13.0. The second-order valence-corrected chi connectivity index (χ2v) is 12.2. The van der Waals surface area contributed by atoms with Gasteiger partial charge in [0.05, 0.1) is 11.4 Å². The van der Waals surface area contributed by atoms with Crippen LogP contribution in [0.1, 0.15) is 21.3 Å². The van der Waals surface area contributed by atoms with Crippen LogP contribution in [0, 0.1) is 5.82 Å². The molecule has 218 valence electrons. The third-order valence-corrected chi connectivity index (χ3v) is 8.98. The number of carbonyl (C=O) groups excluding carboxylic acids is 1. The summed E-state index contributed by atoms with van der Waals surface area (Å²) >= 11 is 0. The second kappa shape index (κ2) is 10.7. The molecular weight excluding hydrogens is 563 g/mol. The van der Waals surface area contributed by atoms with Crippen LogP contribution in [0.25, 0.3) is 11.0 Å². The maximum atomic E-state index is 15.0. The summed E-state index contributed by atoms with van der Waals surface area (Å²) in [6.45, 7) is 2.92. The number of halogens is 1. The number of pyridine rings is 1. The molecule has 14 heteroatoms. The Hall–Kier alpha value is -4.56. The molecule has 6 rings (SSSR count). The Morgan fingerprint density at radius 1 is 1.12 bits per heavy atom. The third kappa shape index (κ3) is 5.03. The molecule has 1 fully saturated rings. The van der Waals surface area contributed by atoms with E-state index in [1.54, 1.807) is 36.4 Å². The minimum Gasteiger partial charge on any atom is -0.367 e. The molecule has 0 radical (unpaired) electrons. The zero-order valence-electron chi connectivity index (χ0n) is 23.0. The minimum atomic E-state index is -4.11. The van der Waals surface area contributed by atoms with Crippen molar-refractivity contribution in [3.05, 3.63) is 82.0 Å². The van der Waals surface area contributed by atoms with E-state index < -0.39 is 32.7 Å². The van der Waals surface area contributed by atoms with E-state index >= 15 is 4.39 Å². The van der Waals surface area contributed by atoms with Crippen molar-refractivity contribution < 1.29 is 17.6 Å². The standard InChI is InChI=1S/C28H29FN8O4S/c1-35(2)26(38)20-13-18-16-31-28(32-19-7-8-23(21(29)15-19)36-11-9-30-10-12-36)33-25(18)37(27(20)39)24-14-17-5-3-4-6-22(17)34-42(24,40)41/h3-8,13,15-16,24,30,34H,9-12,14H2,1-2H3,(H,31,32,33). The van der Waals surface area contributed by atoms with Gasteiger partial charge in [-0.15, -0.1) is 0 Å². The molecule has 1 unspecified atom stereocenters. The van der Waals surface area contributed by atoms with E-state index in [9.17, 15) is 18.0 Å². The molecule has 1 saturated heterocycles. The van der Waals surface area contributed by atoms with Crippen molar-refractivity contribution in [1.82, 2.24) is 24.8 Å².